The number of hydrogen-bond donors (Lipinski definition) is 0. The maximum absolute atomic E-state index is 10.7. The van der Waals surface area contributed by atoms with E-state index in [2.05, 4.69) is 0 Å². The Kier molecular flexibility index (Phi) is 3.65. The van der Waals surface area contributed by atoms with Crippen LogP contribution in [0.2, 0.25) is 0 Å². The fourth-order valence-electron chi connectivity index (χ4n) is 1.33. The van der Waals surface area contributed by atoms with Gasteiger partial charge in [0, 0.05) is 7.11 Å². The maximum Gasteiger partial charge on any atom is 0.153 e. The molecule has 1 atom stereocenters. The summed E-state index contributed by atoms with van der Waals surface area (Å²) in [5, 5.41) is 0. The van der Waals surface area contributed by atoms with E-state index >= 15 is 0 Å². The number of aryl methyl sites for hydroxylation is 1. The monoisotopic (exact) mass is 194 g/mol. The second-order valence-electron chi connectivity index (χ2n) is 3.08. The van der Waals surface area contributed by atoms with Crippen molar-refractivity contribution in [3.63, 3.8) is 0 Å². The van der Waals surface area contributed by atoms with Gasteiger partial charge < -0.3 is 14.3 Å². The molecule has 0 heterocycles. The molecule has 0 radical (unpaired) electrons. The summed E-state index contributed by atoms with van der Waals surface area (Å²) in [7, 11) is 3.11. The molecule has 3 heteroatoms. The van der Waals surface area contributed by atoms with E-state index in [1.807, 2.05) is 19.1 Å². The lowest BCUT2D eigenvalue weighted by Crippen LogP contribution is -2.03. The van der Waals surface area contributed by atoms with Crippen LogP contribution < -0.4 is 4.74 Å². The van der Waals surface area contributed by atoms with Crippen LogP contribution in [0.3, 0.4) is 0 Å². The third kappa shape index (κ3) is 2.33. The molecule has 14 heavy (non-hydrogen) atoms. The quantitative estimate of drug-likeness (QED) is 0.686. The van der Waals surface area contributed by atoms with Gasteiger partial charge in [0.05, 0.1) is 7.11 Å². The number of methoxy groups -OCH3 is 2. The molecular formula is C11H14O3. The summed E-state index contributed by atoms with van der Waals surface area (Å²) < 4.78 is 10.1. The first kappa shape index (κ1) is 10.7. The van der Waals surface area contributed by atoms with Crippen molar-refractivity contribution in [2.75, 3.05) is 14.2 Å². The zero-order valence-corrected chi connectivity index (χ0v) is 8.61. The molecule has 0 aliphatic carbocycles. The van der Waals surface area contributed by atoms with Crippen LogP contribution in [0.1, 0.15) is 17.2 Å². The molecule has 76 valence electrons. The summed E-state index contributed by atoms with van der Waals surface area (Å²) in [6, 6.07) is 5.61. The number of rotatable bonds is 4. The molecule has 0 aliphatic rings. The number of hydrogen-bond acceptors (Lipinski definition) is 3. The average molecular weight is 194 g/mol. The Morgan fingerprint density at radius 3 is 2.50 bits per heavy atom. The van der Waals surface area contributed by atoms with Crippen molar-refractivity contribution in [1.29, 1.82) is 0 Å². The van der Waals surface area contributed by atoms with Crippen LogP contribution in [0.25, 0.3) is 0 Å². The average Bonchev–Trinajstić information content (AvgIpc) is 2.19. The van der Waals surface area contributed by atoms with Gasteiger partial charge in [0.15, 0.2) is 6.29 Å². The van der Waals surface area contributed by atoms with Gasteiger partial charge in [0.25, 0.3) is 0 Å². The smallest absolute Gasteiger partial charge is 0.153 e. The molecule has 0 aliphatic heterocycles. The molecule has 0 saturated carbocycles. The number of aldehydes is 1. The van der Waals surface area contributed by atoms with Crippen LogP contribution >= 0.6 is 0 Å². The first-order chi connectivity index (χ1) is 6.71. The summed E-state index contributed by atoms with van der Waals surface area (Å²) in [6.45, 7) is 1.95. The molecule has 1 rings (SSSR count). The number of benzene rings is 1. The lowest BCUT2D eigenvalue weighted by molar-refractivity contribution is -0.116. The molecule has 1 aromatic rings. The van der Waals surface area contributed by atoms with Crippen LogP contribution in [0.5, 0.6) is 5.75 Å². The van der Waals surface area contributed by atoms with Gasteiger partial charge in [0.1, 0.15) is 11.9 Å². The van der Waals surface area contributed by atoms with Crippen LogP contribution in [-0.2, 0) is 9.53 Å². The minimum Gasteiger partial charge on any atom is -0.497 e. The molecule has 0 spiro atoms. The Bertz CT molecular complexity index is 320. The lowest BCUT2D eigenvalue weighted by atomic mass is 10.1. The largest absolute Gasteiger partial charge is 0.497 e. The summed E-state index contributed by atoms with van der Waals surface area (Å²) in [4.78, 5) is 10.7. The van der Waals surface area contributed by atoms with Crippen LogP contribution in [0, 0.1) is 6.92 Å². The predicted octanol–water partition coefficient (Wildman–Crippen LogP) is 1.89. The molecule has 0 bridgehead atoms. The first-order valence-corrected chi connectivity index (χ1v) is 4.35. The van der Waals surface area contributed by atoms with Crippen molar-refractivity contribution in [2.45, 2.75) is 13.0 Å². The number of carbonyl (C=O) groups is 1. The molecule has 3 nitrogen and oxygen atoms in total. The third-order valence-corrected chi connectivity index (χ3v) is 2.01. The maximum atomic E-state index is 10.7. The lowest BCUT2D eigenvalue weighted by Gasteiger charge is -2.11. The molecule has 0 N–H and O–H groups in total. The van der Waals surface area contributed by atoms with Gasteiger partial charge in [-0.3, -0.25) is 0 Å². The SMILES string of the molecule is COc1cc(C)cc(C(C=O)OC)c1. The van der Waals surface area contributed by atoms with Crippen molar-refractivity contribution in [2.24, 2.45) is 0 Å². The zero-order valence-electron chi connectivity index (χ0n) is 8.61. The second-order valence-corrected chi connectivity index (χ2v) is 3.08. The fourth-order valence-corrected chi connectivity index (χ4v) is 1.33. The highest BCUT2D eigenvalue weighted by Crippen LogP contribution is 2.22. The normalized spacial score (nSPS) is 12.2. The van der Waals surface area contributed by atoms with Crippen LogP contribution in [0.4, 0.5) is 0 Å². The first-order valence-electron chi connectivity index (χ1n) is 4.35. The standard InChI is InChI=1S/C11H14O3/c1-8-4-9(11(7-12)14-3)6-10(5-8)13-2/h4-7,11H,1-3H3. The van der Waals surface area contributed by atoms with Gasteiger partial charge in [-0.05, 0) is 30.2 Å². The summed E-state index contributed by atoms with van der Waals surface area (Å²) in [5.74, 6) is 0.740. The second kappa shape index (κ2) is 4.77. The van der Waals surface area contributed by atoms with Crippen molar-refractivity contribution in [1.82, 2.24) is 0 Å². The Hall–Kier alpha value is -1.35. The minimum atomic E-state index is -0.510. The van der Waals surface area contributed by atoms with E-state index in [0.717, 1.165) is 23.2 Å². The van der Waals surface area contributed by atoms with Gasteiger partial charge in [0.2, 0.25) is 0 Å². The van der Waals surface area contributed by atoms with Crippen molar-refractivity contribution < 1.29 is 14.3 Å². The van der Waals surface area contributed by atoms with Gasteiger partial charge in [-0.2, -0.15) is 0 Å². The zero-order chi connectivity index (χ0) is 10.6. The highest BCUT2D eigenvalue weighted by Gasteiger charge is 2.10. The van der Waals surface area contributed by atoms with Gasteiger partial charge >= 0.3 is 0 Å². The Balaban J connectivity index is 3.07. The van der Waals surface area contributed by atoms with Gasteiger partial charge in [-0.1, -0.05) is 6.07 Å². The van der Waals surface area contributed by atoms with E-state index in [1.54, 1.807) is 13.2 Å². The van der Waals surface area contributed by atoms with Crippen molar-refractivity contribution in [3.8, 4) is 5.75 Å². The molecule has 0 fully saturated rings. The third-order valence-electron chi connectivity index (χ3n) is 2.01. The molecule has 1 unspecified atom stereocenters. The Labute approximate surface area is 83.6 Å². The minimum absolute atomic E-state index is 0.510. The molecule has 0 amide bonds. The van der Waals surface area contributed by atoms with E-state index in [1.165, 1.54) is 7.11 Å². The molecule has 0 aromatic heterocycles. The van der Waals surface area contributed by atoms with E-state index in [4.69, 9.17) is 9.47 Å². The van der Waals surface area contributed by atoms with E-state index in [0.29, 0.717) is 0 Å². The number of carbonyl (C=O) groups excluding carboxylic acids is 1. The summed E-state index contributed by atoms with van der Waals surface area (Å²) >= 11 is 0. The van der Waals surface area contributed by atoms with Crippen LogP contribution in [-0.4, -0.2) is 20.5 Å². The van der Waals surface area contributed by atoms with E-state index < -0.39 is 6.10 Å². The van der Waals surface area contributed by atoms with Crippen molar-refractivity contribution >= 4 is 6.29 Å². The fraction of sp³-hybridized carbons (Fsp3) is 0.364. The van der Waals surface area contributed by atoms with Crippen LogP contribution in [0.15, 0.2) is 18.2 Å². The Morgan fingerprint density at radius 1 is 1.29 bits per heavy atom. The van der Waals surface area contributed by atoms with E-state index in [9.17, 15) is 4.79 Å². The molecular weight excluding hydrogens is 180 g/mol. The topological polar surface area (TPSA) is 35.5 Å². The van der Waals surface area contributed by atoms with E-state index in [-0.39, 0.29) is 0 Å². The summed E-state index contributed by atoms with van der Waals surface area (Å²) in [6.07, 6.45) is 0.262. The van der Waals surface area contributed by atoms with Gasteiger partial charge in [-0.25, -0.2) is 0 Å². The van der Waals surface area contributed by atoms with Gasteiger partial charge in [-0.15, -0.1) is 0 Å². The Morgan fingerprint density at radius 2 is 2.00 bits per heavy atom. The highest BCUT2D eigenvalue weighted by molar-refractivity contribution is 5.60. The molecule has 1 aromatic carbocycles. The number of ether oxygens (including phenoxy) is 2. The predicted molar refractivity (Wildman–Crippen MR) is 53.5 cm³/mol. The molecule has 0 saturated heterocycles. The summed E-state index contributed by atoms with van der Waals surface area (Å²) in [5.41, 5.74) is 1.86. The highest BCUT2D eigenvalue weighted by atomic mass is 16.5. The van der Waals surface area contributed by atoms with Crippen molar-refractivity contribution in [3.05, 3.63) is 29.3 Å².